The van der Waals surface area contributed by atoms with Crippen molar-refractivity contribution in [1.29, 1.82) is 0 Å². The quantitative estimate of drug-likeness (QED) is 0.312. The topological polar surface area (TPSA) is 175 Å². The van der Waals surface area contributed by atoms with Crippen molar-refractivity contribution in [3.63, 3.8) is 0 Å². The molecule has 210 valence electrons. The molecule has 10 heteroatoms. The number of hydrogen-bond donors (Lipinski definition) is 4. The van der Waals surface area contributed by atoms with Gasteiger partial charge in [0.2, 0.25) is 5.91 Å². The van der Waals surface area contributed by atoms with Gasteiger partial charge in [0.1, 0.15) is 17.8 Å². The van der Waals surface area contributed by atoms with Crippen molar-refractivity contribution in [2.75, 3.05) is 6.54 Å². The number of fused-ring (bicyclic) bond motifs is 1. The summed E-state index contributed by atoms with van der Waals surface area (Å²) in [5.41, 5.74) is 7.19. The van der Waals surface area contributed by atoms with E-state index in [0.717, 1.165) is 29.2 Å². The zero-order chi connectivity index (χ0) is 29.2. The average molecular weight is 548 g/mol. The normalized spacial score (nSPS) is 16.5. The SMILES string of the molecule is CC(=O)[O-].[NH3+]CC(=O)N1[C@H](Cc2cccc(O)c2)c2ccccc2C[C@H]1C(=O)N[C@@H](Cc1ccccc1)C(=O)O. The van der Waals surface area contributed by atoms with Gasteiger partial charge in [0.25, 0.3) is 5.91 Å². The van der Waals surface area contributed by atoms with E-state index in [1.807, 2.05) is 60.7 Å². The molecule has 0 fully saturated rings. The van der Waals surface area contributed by atoms with Crippen LogP contribution in [0, 0.1) is 0 Å². The van der Waals surface area contributed by atoms with Gasteiger partial charge in [-0.15, -0.1) is 0 Å². The van der Waals surface area contributed by atoms with Crippen LogP contribution in [0.3, 0.4) is 0 Å². The number of carbonyl (C=O) groups excluding carboxylic acids is 3. The van der Waals surface area contributed by atoms with Gasteiger partial charge >= 0.3 is 5.97 Å². The maximum Gasteiger partial charge on any atom is 0.326 e. The van der Waals surface area contributed by atoms with E-state index >= 15 is 0 Å². The first-order valence-corrected chi connectivity index (χ1v) is 12.8. The Morgan fingerprint density at radius 2 is 1.62 bits per heavy atom. The molecule has 6 N–H and O–H groups in total. The Kier molecular flexibility index (Phi) is 10.4. The number of nitrogens with one attached hydrogen (secondary N) is 1. The summed E-state index contributed by atoms with van der Waals surface area (Å²) in [6.45, 7) is 0.925. The number of amides is 2. The van der Waals surface area contributed by atoms with Gasteiger partial charge in [0, 0.05) is 18.8 Å². The van der Waals surface area contributed by atoms with E-state index in [4.69, 9.17) is 9.90 Å². The average Bonchev–Trinajstić information content (AvgIpc) is 2.92. The van der Waals surface area contributed by atoms with Crippen LogP contribution in [0.15, 0.2) is 78.9 Å². The second-order valence-corrected chi connectivity index (χ2v) is 9.44. The van der Waals surface area contributed by atoms with Crippen molar-refractivity contribution in [1.82, 2.24) is 10.2 Å². The molecule has 0 spiro atoms. The largest absolute Gasteiger partial charge is 0.550 e. The van der Waals surface area contributed by atoms with Crippen molar-refractivity contribution in [3.05, 3.63) is 101 Å². The van der Waals surface area contributed by atoms with Gasteiger partial charge in [-0.1, -0.05) is 66.7 Å². The third kappa shape index (κ3) is 7.90. The lowest BCUT2D eigenvalue weighted by atomic mass is 9.84. The lowest BCUT2D eigenvalue weighted by Crippen LogP contribution is -2.64. The Labute approximate surface area is 232 Å². The molecule has 1 aliphatic rings. The number of carboxylic acids is 2. The van der Waals surface area contributed by atoms with Crippen LogP contribution in [0.1, 0.15) is 35.2 Å². The number of aliphatic carboxylic acids is 2. The third-order valence-electron chi connectivity index (χ3n) is 6.54. The van der Waals surface area contributed by atoms with E-state index in [2.05, 4.69) is 11.1 Å². The van der Waals surface area contributed by atoms with Crippen molar-refractivity contribution >= 4 is 23.8 Å². The molecule has 3 aromatic carbocycles. The highest BCUT2D eigenvalue weighted by Crippen LogP contribution is 2.36. The van der Waals surface area contributed by atoms with Crippen molar-refractivity contribution in [2.24, 2.45) is 0 Å². The minimum Gasteiger partial charge on any atom is -0.550 e. The first-order chi connectivity index (χ1) is 19.1. The minimum absolute atomic E-state index is 0.0468. The standard InChI is InChI=1S/C28H29N3O5.C2H4O2/c29-17-26(33)31-24(15-19-9-6-11-21(32)13-19)22-12-5-4-10-20(22)16-25(31)27(34)30-23(28(35)36)14-18-7-2-1-3-8-18;1-2(3)4/h1-13,23-25,32H,14-17,29H2,(H,30,34)(H,35,36);1H3,(H,3,4)/t23-,24+,25-;/m0./s1. The molecule has 0 bridgehead atoms. The van der Waals surface area contributed by atoms with Gasteiger partial charge in [0.15, 0.2) is 6.54 Å². The molecule has 0 saturated heterocycles. The molecule has 10 nitrogen and oxygen atoms in total. The second kappa shape index (κ2) is 13.9. The summed E-state index contributed by atoms with van der Waals surface area (Å²) in [7, 11) is 0. The Balaban J connectivity index is 0.00000103. The van der Waals surface area contributed by atoms with Crippen LogP contribution < -0.4 is 16.2 Å². The molecular weight excluding hydrogens is 514 g/mol. The zero-order valence-electron chi connectivity index (χ0n) is 22.2. The molecule has 1 aliphatic heterocycles. The molecule has 0 aliphatic carbocycles. The molecular formula is C30H33N3O7. The zero-order valence-corrected chi connectivity index (χ0v) is 22.2. The predicted octanol–water partition coefficient (Wildman–Crippen LogP) is 0.240. The number of nitrogens with zero attached hydrogens (tertiary/aromatic N) is 1. The monoisotopic (exact) mass is 547 g/mol. The second-order valence-electron chi connectivity index (χ2n) is 9.44. The highest BCUT2D eigenvalue weighted by Gasteiger charge is 2.41. The lowest BCUT2D eigenvalue weighted by molar-refractivity contribution is -0.357. The molecule has 3 atom stereocenters. The van der Waals surface area contributed by atoms with Gasteiger partial charge in [-0.2, -0.15) is 0 Å². The van der Waals surface area contributed by atoms with E-state index in [0.29, 0.717) is 6.42 Å². The van der Waals surface area contributed by atoms with Crippen molar-refractivity contribution in [2.45, 2.75) is 44.3 Å². The van der Waals surface area contributed by atoms with E-state index in [-0.39, 0.29) is 31.0 Å². The molecule has 40 heavy (non-hydrogen) atoms. The van der Waals surface area contributed by atoms with E-state index in [1.165, 1.54) is 4.90 Å². The van der Waals surface area contributed by atoms with Crippen molar-refractivity contribution < 1.29 is 40.2 Å². The first-order valence-electron chi connectivity index (χ1n) is 12.8. The number of carbonyl (C=O) groups is 4. The van der Waals surface area contributed by atoms with Crippen molar-refractivity contribution in [3.8, 4) is 5.75 Å². The summed E-state index contributed by atoms with van der Waals surface area (Å²) in [5.74, 6) is -2.93. The maximum absolute atomic E-state index is 13.6. The van der Waals surface area contributed by atoms with Gasteiger partial charge < -0.3 is 36.1 Å². The molecule has 1 heterocycles. The summed E-state index contributed by atoms with van der Waals surface area (Å²) < 4.78 is 0. The van der Waals surface area contributed by atoms with Crippen LogP contribution in [0.5, 0.6) is 5.75 Å². The minimum atomic E-state index is -1.14. The maximum atomic E-state index is 13.6. The number of phenolic OH excluding ortho intramolecular Hbond substituents is 1. The van der Waals surface area contributed by atoms with E-state index in [1.54, 1.807) is 18.2 Å². The number of phenols is 1. The van der Waals surface area contributed by atoms with Gasteiger partial charge in [0.05, 0.1) is 6.04 Å². The van der Waals surface area contributed by atoms with E-state index < -0.39 is 36.0 Å². The summed E-state index contributed by atoms with van der Waals surface area (Å²) in [6, 6.07) is 21.0. The fourth-order valence-corrected chi connectivity index (χ4v) is 4.85. The molecule has 0 radical (unpaired) electrons. The van der Waals surface area contributed by atoms with E-state index in [9.17, 15) is 24.6 Å². The molecule has 0 aromatic heterocycles. The third-order valence-corrected chi connectivity index (χ3v) is 6.54. The van der Waals surface area contributed by atoms with Crippen LogP contribution in [0.2, 0.25) is 0 Å². The van der Waals surface area contributed by atoms with Crippen LogP contribution in [0.4, 0.5) is 0 Å². The highest BCUT2D eigenvalue weighted by molar-refractivity contribution is 5.91. The Bertz CT molecular complexity index is 1340. The molecule has 2 amide bonds. The van der Waals surface area contributed by atoms with Crippen LogP contribution in [0.25, 0.3) is 0 Å². The lowest BCUT2D eigenvalue weighted by Gasteiger charge is -2.42. The fraction of sp³-hybridized carbons (Fsp3) is 0.267. The molecule has 0 saturated carbocycles. The van der Waals surface area contributed by atoms with Gasteiger partial charge in [-0.05, 0) is 47.7 Å². The highest BCUT2D eigenvalue weighted by atomic mass is 16.4. The first kappa shape index (κ1) is 29.9. The van der Waals surface area contributed by atoms with Crippen LogP contribution in [-0.2, 0) is 38.4 Å². The smallest absolute Gasteiger partial charge is 0.326 e. The molecule has 0 unspecified atom stereocenters. The number of carboxylic acid groups (broad SMARTS) is 2. The summed E-state index contributed by atoms with van der Waals surface area (Å²) >= 11 is 0. The predicted molar refractivity (Wildman–Crippen MR) is 143 cm³/mol. The van der Waals surface area contributed by atoms with Gasteiger partial charge in [-0.3, -0.25) is 9.59 Å². The Morgan fingerprint density at radius 1 is 1.00 bits per heavy atom. The van der Waals surface area contributed by atoms with Crippen LogP contribution in [-0.4, -0.2) is 57.5 Å². The molecule has 3 aromatic rings. The molecule has 4 rings (SSSR count). The Hall–Kier alpha value is -4.70. The summed E-state index contributed by atoms with van der Waals surface area (Å²) in [4.78, 5) is 49.2. The van der Waals surface area contributed by atoms with Gasteiger partial charge in [-0.25, -0.2) is 4.79 Å². The number of quaternary nitrogens is 1. The number of aromatic hydroxyl groups is 1. The summed E-state index contributed by atoms with van der Waals surface area (Å²) in [6.07, 6.45) is 0.774. The van der Waals surface area contributed by atoms with Crippen LogP contribution >= 0.6 is 0 Å². The number of benzene rings is 3. The number of rotatable bonds is 8. The number of hydrogen-bond acceptors (Lipinski definition) is 6. The fourth-order valence-electron chi connectivity index (χ4n) is 4.85. The summed E-state index contributed by atoms with van der Waals surface area (Å²) in [5, 5.41) is 31.3. The Morgan fingerprint density at radius 3 is 2.25 bits per heavy atom.